The minimum Gasteiger partial charge on any atom is -0.462 e. The molecule has 3 rings (SSSR count). The van der Waals surface area contributed by atoms with Gasteiger partial charge in [0.2, 0.25) is 0 Å². The first-order valence-corrected chi connectivity index (χ1v) is 7.10. The number of rotatable bonds is 3. The van der Waals surface area contributed by atoms with Crippen molar-refractivity contribution in [1.29, 1.82) is 0 Å². The van der Waals surface area contributed by atoms with Crippen LogP contribution in [0.2, 0.25) is 0 Å². The van der Waals surface area contributed by atoms with Crippen molar-refractivity contribution in [3.8, 4) is 0 Å². The molecule has 112 valence electrons. The molecule has 1 aliphatic rings. The number of anilines is 1. The number of nitrogens with zero attached hydrogens (tertiary/aromatic N) is 4. The summed E-state index contributed by atoms with van der Waals surface area (Å²) in [5.41, 5.74) is 2.32. The minimum atomic E-state index is -0.324. The van der Waals surface area contributed by atoms with Gasteiger partial charge in [0.25, 0.3) is 0 Å². The first kappa shape index (κ1) is 13.7. The fraction of sp³-hybridized carbons (Fsp3) is 0.500. The van der Waals surface area contributed by atoms with E-state index in [9.17, 15) is 4.79 Å². The van der Waals surface area contributed by atoms with Crippen LogP contribution in [-0.4, -0.2) is 38.7 Å². The SMILES string of the molecule is CCOC(=O)c1c(C)nn2c1NCCC2c1cnn(C)c1. The molecule has 1 unspecified atom stereocenters. The number of nitrogens with one attached hydrogen (secondary N) is 1. The molecule has 7 heteroatoms. The van der Waals surface area contributed by atoms with E-state index in [2.05, 4.69) is 15.5 Å². The largest absolute Gasteiger partial charge is 0.462 e. The van der Waals surface area contributed by atoms with Gasteiger partial charge in [-0.3, -0.25) is 4.68 Å². The Balaban J connectivity index is 2.03. The van der Waals surface area contributed by atoms with Gasteiger partial charge in [0, 0.05) is 25.4 Å². The minimum absolute atomic E-state index is 0.0943. The van der Waals surface area contributed by atoms with Gasteiger partial charge in [-0.25, -0.2) is 9.48 Å². The number of ether oxygens (including phenoxy) is 1. The Morgan fingerprint density at radius 2 is 2.38 bits per heavy atom. The molecule has 0 fully saturated rings. The first-order valence-electron chi connectivity index (χ1n) is 7.10. The zero-order valence-electron chi connectivity index (χ0n) is 12.5. The van der Waals surface area contributed by atoms with E-state index in [0.29, 0.717) is 17.9 Å². The molecule has 1 atom stereocenters. The lowest BCUT2D eigenvalue weighted by Gasteiger charge is -2.25. The zero-order chi connectivity index (χ0) is 15.0. The number of hydrogen-bond acceptors (Lipinski definition) is 5. The summed E-state index contributed by atoms with van der Waals surface area (Å²) in [6.07, 6.45) is 4.74. The fourth-order valence-electron chi connectivity index (χ4n) is 2.76. The van der Waals surface area contributed by atoms with Gasteiger partial charge in [-0.05, 0) is 20.3 Å². The average molecular weight is 289 g/mol. The molecule has 21 heavy (non-hydrogen) atoms. The van der Waals surface area contributed by atoms with Crippen molar-refractivity contribution in [2.75, 3.05) is 18.5 Å². The van der Waals surface area contributed by atoms with Crippen molar-refractivity contribution >= 4 is 11.8 Å². The summed E-state index contributed by atoms with van der Waals surface area (Å²) in [6, 6.07) is 0.0943. The number of carbonyl (C=O) groups is 1. The summed E-state index contributed by atoms with van der Waals surface area (Å²) >= 11 is 0. The molecule has 0 aliphatic carbocycles. The normalized spacial score (nSPS) is 17.2. The van der Waals surface area contributed by atoms with Crippen molar-refractivity contribution in [2.24, 2.45) is 7.05 Å². The third-order valence-corrected chi connectivity index (χ3v) is 3.68. The smallest absolute Gasteiger partial charge is 0.343 e. The topological polar surface area (TPSA) is 74.0 Å². The van der Waals surface area contributed by atoms with Crippen LogP contribution in [0.25, 0.3) is 0 Å². The van der Waals surface area contributed by atoms with Crippen LogP contribution < -0.4 is 5.32 Å². The third kappa shape index (κ3) is 2.28. The van der Waals surface area contributed by atoms with Crippen LogP contribution in [0, 0.1) is 6.92 Å². The van der Waals surface area contributed by atoms with E-state index in [-0.39, 0.29) is 12.0 Å². The van der Waals surface area contributed by atoms with E-state index in [0.717, 1.165) is 24.3 Å². The summed E-state index contributed by atoms with van der Waals surface area (Å²) in [5, 5.41) is 12.0. The number of aromatic nitrogens is 4. The van der Waals surface area contributed by atoms with Crippen LogP contribution in [0.3, 0.4) is 0 Å². The van der Waals surface area contributed by atoms with Crippen molar-refractivity contribution < 1.29 is 9.53 Å². The molecule has 0 amide bonds. The summed E-state index contributed by atoms with van der Waals surface area (Å²) in [7, 11) is 1.89. The Kier molecular flexibility index (Phi) is 3.40. The Morgan fingerprint density at radius 3 is 3.05 bits per heavy atom. The summed E-state index contributed by atoms with van der Waals surface area (Å²) in [4.78, 5) is 12.1. The highest BCUT2D eigenvalue weighted by atomic mass is 16.5. The predicted molar refractivity (Wildman–Crippen MR) is 77.4 cm³/mol. The molecule has 2 aromatic heterocycles. The van der Waals surface area contributed by atoms with E-state index in [4.69, 9.17) is 4.74 Å². The van der Waals surface area contributed by atoms with Gasteiger partial charge in [-0.2, -0.15) is 10.2 Å². The maximum absolute atomic E-state index is 12.1. The monoisotopic (exact) mass is 289 g/mol. The standard InChI is InChI=1S/C14H19N5O2/c1-4-21-14(20)12-9(2)17-19-11(5-6-15-13(12)19)10-7-16-18(3)8-10/h7-8,11,15H,4-6H2,1-3H3. The molecule has 1 aliphatic heterocycles. The summed E-state index contributed by atoms with van der Waals surface area (Å²) in [6.45, 7) is 4.78. The van der Waals surface area contributed by atoms with E-state index in [1.165, 1.54) is 0 Å². The van der Waals surface area contributed by atoms with Crippen molar-refractivity contribution in [2.45, 2.75) is 26.3 Å². The van der Waals surface area contributed by atoms with Crippen molar-refractivity contribution in [3.05, 3.63) is 29.2 Å². The fourth-order valence-corrected chi connectivity index (χ4v) is 2.76. The lowest BCUT2D eigenvalue weighted by Crippen LogP contribution is -2.25. The van der Waals surface area contributed by atoms with Crippen molar-refractivity contribution in [3.63, 3.8) is 0 Å². The molecule has 2 aromatic rings. The number of fused-ring (bicyclic) bond motifs is 1. The Bertz CT molecular complexity index is 673. The van der Waals surface area contributed by atoms with E-state index in [1.54, 1.807) is 11.6 Å². The Morgan fingerprint density at radius 1 is 1.57 bits per heavy atom. The molecular formula is C14H19N5O2. The Labute approximate surface area is 122 Å². The number of carbonyl (C=O) groups excluding carboxylic acids is 1. The van der Waals surface area contributed by atoms with Gasteiger partial charge in [-0.1, -0.05) is 0 Å². The van der Waals surface area contributed by atoms with E-state index >= 15 is 0 Å². The molecule has 0 saturated heterocycles. The van der Waals surface area contributed by atoms with Crippen LogP contribution >= 0.6 is 0 Å². The lowest BCUT2D eigenvalue weighted by atomic mass is 10.1. The van der Waals surface area contributed by atoms with Gasteiger partial charge < -0.3 is 10.1 Å². The van der Waals surface area contributed by atoms with Gasteiger partial charge in [0.1, 0.15) is 11.4 Å². The van der Waals surface area contributed by atoms with Gasteiger partial charge in [0.05, 0.1) is 24.5 Å². The molecule has 0 aromatic carbocycles. The van der Waals surface area contributed by atoms with Crippen LogP contribution in [0.4, 0.5) is 5.82 Å². The second-order valence-electron chi connectivity index (χ2n) is 5.15. The number of esters is 1. The summed E-state index contributed by atoms with van der Waals surface area (Å²) in [5.74, 6) is 0.418. The highest BCUT2D eigenvalue weighted by molar-refractivity contribution is 5.96. The third-order valence-electron chi connectivity index (χ3n) is 3.68. The van der Waals surface area contributed by atoms with Gasteiger partial charge in [-0.15, -0.1) is 0 Å². The Hall–Kier alpha value is -2.31. The van der Waals surface area contributed by atoms with E-state index in [1.807, 2.05) is 31.0 Å². The first-order chi connectivity index (χ1) is 10.1. The van der Waals surface area contributed by atoms with Crippen LogP contribution in [0.5, 0.6) is 0 Å². The number of aryl methyl sites for hydroxylation is 2. The second-order valence-corrected chi connectivity index (χ2v) is 5.15. The summed E-state index contributed by atoms with van der Waals surface area (Å²) < 4.78 is 8.78. The van der Waals surface area contributed by atoms with Gasteiger partial charge >= 0.3 is 5.97 Å². The highest BCUT2D eigenvalue weighted by Gasteiger charge is 2.30. The van der Waals surface area contributed by atoms with Crippen LogP contribution in [0.1, 0.15) is 41.0 Å². The van der Waals surface area contributed by atoms with Crippen LogP contribution in [-0.2, 0) is 11.8 Å². The molecule has 0 spiro atoms. The van der Waals surface area contributed by atoms with Crippen LogP contribution in [0.15, 0.2) is 12.4 Å². The number of hydrogen-bond donors (Lipinski definition) is 1. The highest BCUT2D eigenvalue weighted by Crippen LogP contribution is 2.33. The molecule has 3 heterocycles. The predicted octanol–water partition coefficient (Wildman–Crippen LogP) is 1.51. The molecule has 1 N–H and O–H groups in total. The maximum Gasteiger partial charge on any atom is 0.343 e. The molecule has 0 saturated carbocycles. The second kappa shape index (κ2) is 5.23. The average Bonchev–Trinajstić information content (AvgIpc) is 3.01. The molecular weight excluding hydrogens is 270 g/mol. The van der Waals surface area contributed by atoms with Crippen molar-refractivity contribution in [1.82, 2.24) is 19.6 Å². The molecule has 0 radical (unpaired) electrons. The van der Waals surface area contributed by atoms with E-state index < -0.39 is 0 Å². The lowest BCUT2D eigenvalue weighted by molar-refractivity contribution is 0.0526. The van der Waals surface area contributed by atoms with Gasteiger partial charge in [0.15, 0.2) is 0 Å². The molecule has 7 nitrogen and oxygen atoms in total. The zero-order valence-corrected chi connectivity index (χ0v) is 12.5. The maximum atomic E-state index is 12.1. The quantitative estimate of drug-likeness (QED) is 0.867. The molecule has 0 bridgehead atoms.